The van der Waals surface area contributed by atoms with E-state index in [0.717, 1.165) is 28.4 Å². The second kappa shape index (κ2) is 10.7. The van der Waals surface area contributed by atoms with Crippen molar-refractivity contribution in [1.29, 1.82) is 0 Å². The SMILES string of the molecule is CCOP(OCC)(OCC)=C(C(=O)OC)C1(C(=O)OC)C(C(=O)OC)=C1C(=O)OC. The molecule has 0 aromatic rings. The van der Waals surface area contributed by atoms with Crippen LogP contribution in [0.1, 0.15) is 20.8 Å². The van der Waals surface area contributed by atoms with Gasteiger partial charge in [-0.3, -0.25) is 4.79 Å². The van der Waals surface area contributed by atoms with E-state index in [0.29, 0.717) is 0 Å². The highest BCUT2D eigenvalue weighted by Crippen LogP contribution is 2.65. The first-order valence-electron chi connectivity index (χ1n) is 9.02. The minimum atomic E-state index is -3.80. The molecule has 0 saturated carbocycles. The summed E-state index contributed by atoms with van der Waals surface area (Å²) in [4.78, 5) is 51.0. The maximum Gasteiger partial charge on any atom is 0.342 e. The molecule has 0 saturated heterocycles. The first kappa shape index (κ1) is 25.8. The fourth-order valence-electron chi connectivity index (χ4n) is 3.07. The fraction of sp³-hybridized carbons (Fsp3) is 0.611. The number of carbonyl (C=O) groups is 4. The Labute approximate surface area is 174 Å². The number of carbonyl (C=O) groups excluding carboxylic acids is 4. The van der Waals surface area contributed by atoms with Crippen LogP contribution in [0.4, 0.5) is 0 Å². The number of hydrogen-bond acceptors (Lipinski definition) is 11. The number of esters is 4. The van der Waals surface area contributed by atoms with Gasteiger partial charge in [0.15, 0.2) is 5.41 Å². The average molecular weight is 450 g/mol. The highest BCUT2D eigenvalue weighted by Gasteiger charge is 2.74. The van der Waals surface area contributed by atoms with Crippen molar-refractivity contribution in [2.24, 2.45) is 5.41 Å². The van der Waals surface area contributed by atoms with E-state index in [1.54, 1.807) is 20.8 Å². The van der Waals surface area contributed by atoms with Crippen molar-refractivity contribution in [2.45, 2.75) is 20.8 Å². The second-order valence-corrected chi connectivity index (χ2v) is 7.78. The Morgan fingerprint density at radius 2 is 1.10 bits per heavy atom. The van der Waals surface area contributed by atoms with Gasteiger partial charge in [0.2, 0.25) is 0 Å². The van der Waals surface area contributed by atoms with E-state index < -0.39 is 53.3 Å². The standard InChI is InChI=1S/C18H27O11P/c1-8-27-30(28-9-2,29-10-3)13(16(21)25-6)18(17(22)26-7)11(14(19)23-4)12(18)15(20)24-5/h8-10H2,1-7H3. The van der Waals surface area contributed by atoms with Crippen LogP contribution in [0.15, 0.2) is 11.1 Å². The zero-order chi connectivity index (χ0) is 23.1. The van der Waals surface area contributed by atoms with Crippen molar-refractivity contribution in [2.75, 3.05) is 48.3 Å². The number of methoxy groups -OCH3 is 4. The molecule has 1 aliphatic carbocycles. The van der Waals surface area contributed by atoms with E-state index >= 15 is 0 Å². The third kappa shape index (κ3) is 4.15. The summed E-state index contributed by atoms with van der Waals surface area (Å²) in [6, 6.07) is 0. The summed E-state index contributed by atoms with van der Waals surface area (Å²) in [5, 5.41) is -0.504. The molecule has 12 heteroatoms. The van der Waals surface area contributed by atoms with Crippen LogP contribution in [0.5, 0.6) is 0 Å². The highest BCUT2D eigenvalue weighted by molar-refractivity contribution is 7.65. The molecule has 0 bridgehead atoms. The third-order valence-electron chi connectivity index (χ3n) is 4.11. The molecule has 11 nitrogen and oxygen atoms in total. The smallest absolute Gasteiger partial charge is 0.342 e. The predicted molar refractivity (Wildman–Crippen MR) is 104 cm³/mol. The molecular weight excluding hydrogens is 423 g/mol. The Morgan fingerprint density at radius 3 is 1.37 bits per heavy atom. The summed E-state index contributed by atoms with van der Waals surface area (Å²) in [5.74, 6) is -4.27. The molecule has 0 spiro atoms. The van der Waals surface area contributed by atoms with Crippen molar-refractivity contribution < 1.29 is 51.7 Å². The van der Waals surface area contributed by atoms with Crippen molar-refractivity contribution in [3.8, 4) is 0 Å². The summed E-state index contributed by atoms with van der Waals surface area (Å²) in [6.45, 7) is 4.92. The Morgan fingerprint density at radius 1 is 0.700 bits per heavy atom. The zero-order valence-electron chi connectivity index (χ0n) is 18.1. The molecule has 170 valence electrons. The van der Waals surface area contributed by atoms with Gasteiger partial charge < -0.3 is 32.5 Å². The van der Waals surface area contributed by atoms with Gasteiger partial charge in [-0.15, -0.1) is 0 Å². The van der Waals surface area contributed by atoms with Gasteiger partial charge in [-0.25, -0.2) is 14.4 Å². The molecule has 0 N–H and O–H groups in total. The van der Waals surface area contributed by atoms with Crippen molar-refractivity contribution in [3.05, 3.63) is 11.1 Å². The van der Waals surface area contributed by atoms with Crippen LogP contribution >= 0.6 is 7.57 Å². The van der Waals surface area contributed by atoms with Gasteiger partial charge in [-0.1, -0.05) is 0 Å². The lowest BCUT2D eigenvalue weighted by Crippen LogP contribution is -2.41. The number of ether oxygens (including phenoxy) is 4. The molecule has 0 aromatic carbocycles. The van der Waals surface area contributed by atoms with E-state index in [-0.39, 0.29) is 19.8 Å². The lowest BCUT2D eigenvalue weighted by atomic mass is 9.92. The van der Waals surface area contributed by atoms with Crippen molar-refractivity contribution in [1.82, 2.24) is 0 Å². The van der Waals surface area contributed by atoms with Crippen LogP contribution in [0.3, 0.4) is 0 Å². The van der Waals surface area contributed by atoms with Crippen LogP contribution in [-0.4, -0.2) is 77.4 Å². The monoisotopic (exact) mass is 450 g/mol. The summed E-state index contributed by atoms with van der Waals surface area (Å²) < 4.78 is 36.4. The number of hydrogen-bond donors (Lipinski definition) is 0. The summed E-state index contributed by atoms with van der Waals surface area (Å²) in [6.07, 6.45) is 0. The second-order valence-electron chi connectivity index (χ2n) is 5.57. The topological polar surface area (TPSA) is 133 Å². The first-order valence-corrected chi connectivity index (χ1v) is 10.6. The van der Waals surface area contributed by atoms with Gasteiger partial charge in [0.25, 0.3) is 7.57 Å². The summed E-state index contributed by atoms with van der Waals surface area (Å²) in [7, 11) is 0.402. The Bertz CT molecular complexity index is 746. The largest absolute Gasteiger partial charge is 0.468 e. The minimum Gasteiger partial charge on any atom is -0.468 e. The first-order chi connectivity index (χ1) is 14.2. The average Bonchev–Trinajstić information content (AvgIpc) is 3.42. The lowest BCUT2D eigenvalue weighted by molar-refractivity contribution is -0.148. The fourth-order valence-corrected chi connectivity index (χ4v) is 5.74. The van der Waals surface area contributed by atoms with E-state index in [1.165, 1.54) is 0 Å². The molecule has 30 heavy (non-hydrogen) atoms. The molecule has 1 aliphatic rings. The molecule has 0 atom stereocenters. The van der Waals surface area contributed by atoms with Gasteiger partial charge in [0.05, 0.1) is 59.4 Å². The lowest BCUT2D eigenvalue weighted by Gasteiger charge is -2.31. The zero-order valence-corrected chi connectivity index (χ0v) is 19.0. The van der Waals surface area contributed by atoms with Crippen LogP contribution in [0.2, 0.25) is 0 Å². The molecule has 0 amide bonds. The summed E-state index contributed by atoms with van der Waals surface area (Å²) >= 11 is 0. The molecule has 0 unspecified atom stereocenters. The third-order valence-corrected chi connectivity index (χ3v) is 6.97. The van der Waals surface area contributed by atoms with E-state index in [9.17, 15) is 19.2 Å². The van der Waals surface area contributed by atoms with Crippen LogP contribution in [0.25, 0.3) is 0 Å². The molecule has 1 rings (SSSR count). The predicted octanol–water partition coefficient (Wildman–Crippen LogP) is 1.02. The molecule has 0 radical (unpaired) electrons. The van der Waals surface area contributed by atoms with Crippen LogP contribution < -0.4 is 0 Å². The normalized spacial score (nSPS) is 14.6. The Hall–Kier alpha value is -2.20. The van der Waals surface area contributed by atoms with Crippen LogP contribution in [0, 0.1) is 5.41 Å². The van der Waals surface area contributed by atoms with Crippen molar-refractivity contribution >= 4 is 36.7 Å². The van der Waals surface area contributed by atoms with E-state index in [1.807, 2.05) is 0 Å². The maximum absolute atomic E-state index is 13.0. The van der Waals surface area contributed by atoms with Gasteiger partial charge in [0.1, 0.15) is 5.29 Å². The van der Waals surface area contributed by atoms with Gasteiger partial charge in [-0.05, 0) is 20.8 Å². The minimum absolute atomic E-state index is 0.0205. The Balaban J connectivity index is 4.15. The van der Waals surface area contributed by atoms with Crippen molar-refractivity contribution in [3.63, 3.8) is 0 Å². The van der Waals surface area contributed by atoms with Gasteiger partial charge in [-0.2, -0.15) is 0 Å². The molecular formula is C18H27O11P. The Kier molecular flexibility index (Phi) is 9.23. The van der Waals surface area contributed by atoms with Gasteiger partial charge >= 0.3 is 23.9 Å². The molecule has 0 aliphatic heterocycles. The highest BCUT2D eigenvalue weighted by atomic mass is 31.2. The number of rotatable bonds is 11. The maximum atomic E-state index is 13.0. The molecule has 0 fully saturated rings. The van der Waals surface area contributed by atoms with Crippen LogP contribution in [-0.2, 0) is 51.7 Å². The molecule has 0 heterocycles. The summed E-state index contributed by atoms with van der Waals surface area (Å²) in [5.41, 5.74) is -3.17. The quantitative estimate of drug-likeness (QED) is 0.254. The van der Waals surface area contributed by atoms with E-state index in [2.05, 4.69) is 0 Å². The van der Waals surface area contributed by atoms with Gasteiger partial charge in [0, 0.05) is 0 Å². The molecule has 0 aromatic heterocycles. The van der Waals surface area contributed by atoms with E-state index in [4.69, 9.17) is 32.5 Å².